The molecule has 2 aromatic rings. The zero-order valence-corrected chi connectivity index (χ0v) is 16.0. The average molecular weight is 356 g/mol. The van der Waals surface area contributed by atoms with Crippen molar-refractivity contribution in [2.24, 2.45) is 0 Å². The maximum Gasteiger partial charge on any atom is 0.339 e. The molecule has 0 fully saturated rings. The third-order valence-electron chi connectivity index (χ3n) is 4.49. The Kier molecular flexibility index (Phi) is 7.01. The third kappa shape index (κ3) is 4.75. The van der Waals surface area contributed by atoms with Gasteiger partial charge in [-0.25, -0.2) is 4.79 Å². The molecule has 1 unspecified atom stereocenters. The SMILES string of the molecule is CCCc1c(C(=O)NC(C)CCc2ccccc2)[nH]c(C)c1C(=O)OC. The van der Waals surface area contributed by atoms with Gasteiger partial charge in [0.25, 0.3) is 5.91 Å². The predicted octanol–water partition coefficient (Wildman–Crippen LogP) is 3.81. The van der Waals surface area contributed by atoms with Crippen LogP contribution in [0.1, 0.15) is 64.4 Å². The molecule has 1 atom stereocenters. The number of hydrogen-bond donors (Lipinski definition) is 2. The van der Waals surface area contributed by atoms with E-state index in [0.717, 1.165) is 24.8 Å². The lowest BCUT2D eigenvalue weighted by Crippen LogP contribution is -2.33. The van der Waals surface area contributed by atoms with Gasteiger partial charge in [0.2, 0.25) is 0 Å². The van der Waals surface area contributed by atoms with E-state index in [0.29, 0.717) is 23.4 Å². The van der Waals surface area contributed by atoms with Crippen molar-refractivity contribution in [3.63, 3.8) is 0 Å². The number of ether oxygens (including phenoxy) is 1. The van der Waals surface area contributed by atoms with Crippen LogP contribution < -0.4 is 5.32 Å². The van der Waals surface area contributed by atoms with Gasteiger partial charge in [-0.3, -0.25) is 4.79 Å². The minimum Gasteiger partial charge on any atom is -0.465 e. The molecule has 0 radical (unpaired) electrons. The van der Waals surface area contributed by atoms with Crippen LogP contribution in [0.15, 0.2) is 30.3 Å². The van der Waals surface area contributed by atoms with Crippen LogP contribution in [0.25, 0.3) is 0 Å². The first kappa shape index (κ1) is 19.8. The van der Waals surface area contributed by atoms with Crippen LogP contribution in [0.4, 0.5) is 0 Å². The molecule has 5 heteroatoms. The van der Waals surface area contributed by atoms with Crippen LogP contribution in [0.2, 0.25) is 0 Å². The summed E-state index contributed by atoms with van der Waals surface area (Å²) in [7, 11) is 1.36. The zero-order valence-electron chi connectivity index (χ0n) is 16.0. The molecule has 140 valence electrons. The zero-order chi connectivity index (χ0) is 19.1. The van der Waals surface area contributed by atoms with E-state index in [9.17, 15) is 9.59 Å². The summed E-state index contributed by atoms with van der Waals surface area (Å²) in [6.07, 6.45) is 3.24. The van der Waals surface area contributed by atoms with Gasteiger partial charge in [0.15, 0.2) is 0 Å². The molecule has 0 aliphatic heterocycles. The quantitative estimate of drug-likeness (QED) is 0.707. The standard InChI is InChI=1S/C21H28N2O3/c1-5-9-17-18(21(25)26-4)15(3)23-19(17)20(24)22-14(2)12-13-16-10-7-6-8-11-16/h6-8,10-11,14,23H,5,9,12-13H2,1-4H3,(H,22,24). The van der Waals surface area contributed by atoms with Crippen LogP contribution in [0.5, 0.6) is 0 Å². The third-order valence-corrected chi connectivity index (χ3v) is 4.49. The van der Waals surface area contributed by atoms with E-state index in [4.69, 9.17) is 4.74 Å². The van der Waals surface area contributed by atoms with Crippen molar-refractivity contribution in [2.45, 2.75) is 52.5 Å². The van der Waals surface area contributed by atoms with Crippen LogP contribution >= 0.6 is 0 Å². The molecule has 2 N–H and O–H groups in total. The van der Waals surface area contributed by atoms with Gasteiger partial charge in [-0.2, -0.15) is 0 Å². The van der Waals surface area contributed by atoms with Crippen LogP contribution in [0.3, 0.4) is 0 Å². The Labute approximate surface area is 155 Å². The highest BCUT2D eigenvalue weighted by atomic mass is 16.5. The van der Waals surface area contributed by atoms with Crippen molar-refractivity contribution < 1.29 is 14.3 Å². The molecule has 1 aromatic carbocycles. The molecule has 0 bridgehead atoms. The molecule has 0 aliphatic rings. The van der Waals surface area contributed by atoms with Crippen molar-refractivity contribution in [2.75, 3.05) is 7.11 Å². The maximum absolute atomic E-state index is 12.7. The first-order chi connectivity index (χ1) is 12.5. The predicted molar refractivity (Wildman–Crippen MR) is 103 cm³/mol. The van der Waals surface area contributed by atoms with E-state index < -0.39 is 5.97 Å². The number of esters is 1. The highest BCUT2D eigenvalue weighted by Crippen LogP contribution is 2.22. The average Bonchev–Trinajstić information content (AvgIpc) is 2.97. The Balaban J connectivity index is 2.09. The fourth-order valence-electron chi connectivity index (χ4n) is 3.14. The number of aromatic nitrogens is 1. The summed E-state index contributed by atoms with van der Waals surface area (Å²) < 4.78 is 4.88. The number of hydrogen-bond acceptors (Lipinski definition) is 3. The van der Waals surface area contributed by atoms with Crippen molar-refractivity contribution in [3.8, 4) is 0 Å². The summed E-state index contributed by atoms with van der Waals surface area (Å²) >= 11 is 0. The summed E-state index contributed by atoms with van der Waals surface area (Å²) in [5.74, 6) is -0.578. The highest BCUT2D eigenvalue weighted by Gasteiger charge is 2.25. The van der Waals surface area contributed by atoms with Crippen LogP contribution in [0, 0.1) is 6.92 Å². The van der Waals surface area contributed by atoms with Gasteiger partial charge in [0.05, 0.1) is 12.7 Å². The van der Waals surface area contributed by atoms with Crippen molar-refractivity contribution in [1.29, 1.82) is 0 Å². The van der Waals surface area contributed by atoms with E-state index in [-0.39, 0.29) is 11.9 Å². The number of carbonyl (C=O) groups excluding carboxylic acids is 2. The summed E-state index contributed by atoms with van der Waals surface area (Å²) in [5, 5.41) is 3.04. The molecule has 0 spiro atoms. The first-order valence-electron chi connectivity index (χ1n) is 9.12. The molecule has 1 heterocycles. The number of methoxy groups -OCH3 is 1. The smallest absolute Gasteiger partial charge is 0.339 e. The monoisotopic (exact) mass is 356 g/mol. The van der Waals surface area contributed by atoms with E-state index >= 15 is 0 Å². The number of rotatable bonds is 8. The Bertz CT molecular complexity index is 750. The maximum atomic E-state index is 12.7. The second kappa shape index (κ2) is 9.22. The van der Waals surface area contributed by atoms with E-state index in [1.807, 2.05) is 32.0 Å². The van der Waals surface area contributed by atoms with Gasteiger partial charge >= 0.3 is 5.97 Å². The molecule has 5 nitrogen and oxygen atoms in total. The van der Waals surface area contributed by atoms with Gasteiger partial charge in [0.1, 0.15) is 5.69 Å². The van der Waals surface area contributed by atoms with Gasteiger partial charge in [-0.15, -0.1) is 0 Å². The molecular formula is C21H28N2O3. The number of benzene rings is 1. The molecule has 2 rings (SSSR count). The minimum atomic E-state index is -0.404. The molecule has 0 saturated carbocycles. The number of carbonyl (C=O) groups is 2. The highest BCUT2D eigenvalue weighted by molar-refractivity contribution is 6.00. The molecule has 26 heavy (non-hydrogen) atoms. The number of aryl methyl sites for hydroxylation is 2. The summed E-state index contributed by atoms with van der Waals surface area (Å²) in [5.41, 5.74) is 3.61. The van der Waals surface area contributed by atoms with Gasteiger partial charge in [0, 0.05) is 11.7 Å². The summed E-state index contributed by atoms with van der Waals surface area (Å²) in [4.78, 5) is 27.9. The molecule has 0 aliphatic carbocycles. The minimum absolute atomic E-state index is 0.0300. The van der Waals surface area contributed by atoms with Gasteiger partial charge < -0.3 is 15.0 Å². The van der Waals surface area contributed by atoms with Crippen LogP contribution in [-0.2, 0) is 17.6 Å². The number of H-pyrrole nitrogens is 1. The Morgan fingerprint density at radius 3 is 2.50 bits per heavy atom. The lowest BCUT2D eigenvalue weighted by Gasteiger charge is -2.14. The number of nitrogens with one attached hydrogen (secondary N) is 2. The molecule has 1 amide bonds. The summed E-state index contributed by atoms with van der Waals surface area (Å²) in [6, 6.07) is 10.2. The second-order valence-electron chi connectivity index (χ2n) is 6.62. The lowest BCUT2D eigenvalue weighted by atomic mass is 10.0. The van der Waals surface area contributed by atoms with Gasteiger partial charge in [-0.05, 0) is 44.2 Å². The van der Waals surface area contributed by atoms with Crippen molar-refractivity contribution in [1.82, 2.24) is 10.3 Å². The van der Waals surface area contributed by atoms with E-state index in [2.05, 4.69) is 22.4 Å². The topological polar surface area (TPSA) is 71.2 Å². The summed E-state index contributed by atoms with van der Waals surface area (Å²) in [6.45, 7) is 5.81. The second-order valence-corrected chi connectivity index (χ2v) is 6.62. The van der Waals surface area contributed by atoms with Gasteiger partial charge in [-0.1, -0.05) is 43.7 Å². The Morgan fingerprint density at radius 2 is 1.88 bits per heavy atom. The first-order valence-corrected chi connectivity index (χ1v) is 9.12. The molecular weight excluding hydrogens is 328 g/mol. The normalized spacial score (nSPS) is 11.8. The Morgan fingerprint density at radius 1 is 1.19 bits per heavy atom. The fourth-order valence-corrected chi connectivity index (χ4v) is 3.14. The van der Waals surface area contributed by atoms with E-state index in [1.165, 1.54) is 12.7 Å². The largest absolute Gasteiger partial charge is 0.465 e. The van der Waals surface area contributed by atoms with Crippen LogP contribution in [-0.4, -0.2) is 30.0 Å². The lowest BCUT2D eigenvalue weighted by molar-refractivity contribution is 0.0599. The molecule has 1 aromatic heterocycles. The van der Waals surface area contributed by atoms with Crippen molar-refractivity contribution in [3.05, 3.63) is 58.4 Å². The van der Waals surface area contributed by atoms with Crippen molar-refractivity contribution >= 4 is 11.9 Å². The molecule has 0 saturated heterocycles. The Hall–Kier alpha value is -2.56. The van der Waals surface area contributed by atoms with E-state index in [1.54, 1.807) is 6.92 Å². The number of aromatic amines is 1. The fraction of sp³-hybridized carbons (Fsp3) is 0.429. The number of amides is 1.